The number of carbonyl (C=O) groups excluding carboxylic acids is 1. The third-order valence-electron chi connectivity index (χ3n) is 5.90. The number of benzene rings is 1. The standard InChI is InChI=1S/C20H27BrN6O.C5H13N/c1-2-14-12-15(22)7-8-17(14)25-20-24-13-16(21)19(26-20)23-9-5-11-27-10-4-3-6-18(27)28;1-4-6(3)5-2/h7-8,12-13H,2-6,9-11,22H2,1H3,(H2,23,24,25,26);4-5H2,1-3H3. The van der Waals surface area contributed by atoms with Crippen LogP contribution in [0.4, 0.5) is 23.1 Å². The van der Waals surface area contributed by atoms with E-state index in [1.165, 1.54) is 0 Å². The highest BCUT2D eigenvalue weighted by atomic mass is 79.9. The molecule has 188 valence electrons. The Hall–Kier alpha value is -2.39. The smallest absolute Gasteiger partial charge is 0.229 e. The summed E-state index contributed by atoms with van der Waals surface area (Å²) in [4.78, 5) is 25.0. The van der Waals surface area contributed by atoms with Crippen LogP contribution in [-0.2, 0) is 11.2 Å². The number of amides is 1. The quantitative estimate of drug-likeness (QED) is 0.295. The Labute approximate surface area is 212 Å². The Bertz CT molecular complexity index is 905. The second-order valence-corrected chi connectivity index (χ2v) is 9.25. The first-order valence-electron chi connectivity index (χ1n) is 12.3. The molecular formula is C25H40BrN7O. The van der Waals surface area contributed by atoms with Crippen LogP contribution in [0, 0.1) is 0 Å². The molecule has 0 atom stereocenters. The summed E-state index contributed by atoms with van der Waals surface area (Å²) >= 11 is 3.50. The Morgan fingerprint density at radius 3 is 2.62 bits per heavy atom. The van der Waals surface area contributed by atoms with E-state index in [9.17, 15) is 4.79 Å². The molecule has 0 unspecified atom stereocenters. The van der Waals surface area contributed by atoms with Crippen molar-refractivity contribution in [3.8, 4) is 0 Å². The van der Waals surface area contributed by atoms with Gasteiger partial charge in [0.2, 0.25) is 11.9 Å². The highest BCUT2D eigenvalue weighted by Gasteiger charge is 2.17. The molecule has 9 heteroatoms. The molecule has 1 aromatic heterocycles. The van der Waals surface area contributed by atoms with Crippen LogP contribution in [0.3, 0.4) is 0 Å². The van der Waals surface area contributed by atoms with E-state index in [4.69, 9.17) is 5.73 Å². The Balaban J connectivity index is 0.000000604. The van der Waals surface area contributed by atoms with Crippen molar-refractivity contribution in [2.75, 3.05) is 56.1 Å². The highest BCUT2D eigenvalue weighted by molar-refractivity contribution is 9.10. The van der Waals surface area contributed by atoms with Crippen LogP contribution in [0.15, 0.2) is 28.9 Å². The Morgan fingerprint density at radius 1 is 1.21 bits per heavy atom. The normalized spacial score (nSPS) is 13.5. The molecule has 4 N–H and O–H groups in total. The molecular weight excluding hydrogens is 494 g/mol. The van der Waals surface area contributed by atoms with Crippen LogP contribution in [0.25, 0.3) is 0 Å². The van der Waals surface area contributed by atoms with Crippen LogP contribution in [0.1, 0.15) is 52.0 Å². The molecule has 1 fully saturated rings. The molecule has 0 spiro atoms. The SMILES string of the molecule is CCN(C)CC.CCc1cc(N)ccc1Nc1ncc(Br)c(NCCCN2CCCCC2=O)n1. The zero-order valence-electron chi connectivity index (χ0n) is 21.0. The topological polar surface area (TPSA) is 99.4 Å². The molecule has 0 aliphatic carbocycles. The first-order valence-corrected chi connectivity index (χ1v) is 13.0. The van der Waals surface area contributed by atoms with Crippen molar-refractivity contribution in [2.45, 2.75) is 52.9 Å². The van der Waals surface area contributed by atoms with Gasteiger partial charge in [-0.3, -0.25) is 4.79 Å². The van der Waals surface area contributed by atoms with Crippen LogP contribution < -0.4 is 16.4 Å². The fourth-order valence-corrected chi connectivity index (χ4v) is 3.83. The van der Waals surface area contributed by atoms with Gasteiger partial charge in [0.05, 0.1) is 4.47 Å². The number of hydrogen-bond acceptors (Lipinski definition) is 7. The highest BCUT2D eigenvalue weighted by Crippen LogP contribution is 2.25. The molecule has 8 nitrogen and oxygen atoms in total. The van der Waals surface area contributed by atoms with Gasteiger partial charge in [-0.05, 0) is 85.5 Å². The van der Waals surface area contributed by atoms with Crippen molar-refractivity contribution in [3.05, 3.63) is 34.4 Å². The monoisotopic (exact) mass is 533 g/mol. The van der Waals surface area contributed by atoms with Gasteiger partial charge in [0, 0.05) is 43.6 Å². The van der Waals surface area contributed by atoms with Gasteiger partial charge in [0.1, 0.15) is 5.82 Å². The lowest BCUT2D eigenvalue weighted by atomic mass is 10.1. The summed E-state index contributed by atoms with van der Waals surface area (Å²) in [6.07, 6.45) is 6.29. The van der Waals surface area contributed by atoms with Crippen LogP contribution in [-0.4, -0.2) is 65.4 Å². The van der Waals surface area contributed by atoms with Gasteiger partial charge >= 0.3 is 0 Å². The summed E-state index contributed by atoms with van der Waals surface area (Å²) in [6, 6.07) is 5.77. The van der Waals surface area contributed by atoms with Crippen molar-refractivity contribution in [1.82, 2.24) is 19.8 Å². The minimum Gasteiger partial charge on any atom is -0.399 e. The second-order valence-electron chi connectivity index (χ2n) is 8.39. The molecule has 2 aromatic rings. The molecule has 1 aliphatic rings. The number of carbonyl (C=O) groups is 1. The molecule has 1 aromatic carbocycles. The zero-order valence-corrected chi connectivity index (χ0v) is 22.6. The van der Waals surface area contributed by atoms with E-state index in [1.54, 1.807) is 6.20 Å². The second kappa shape index (κ2) is 14.8. The van der Waals surface area contributed by atoms with Gasteiger partial charge < -0.3 is 26.2 Å². The minimum absolute atomic E-state index is 0.274. The number of nitrogens with two attached hydrogens (primary N) is 1. The van der Waals surface area contributed by atoms with Gasteiger partial charge in [0.15, 0.2) is 0 Å². The van der Waals surface area contributed by atoms with E-state index in [1.807, 2.05) is 23.1 Å². The fourth-order valence-electron chi connectivity index (χ4n) is 3.50. The predicted octanol–water partition coefficient (Wildman–Crippen LogP) is 4.90. The summed E-state index contributed by atoms with van der Waals surface area (Å²) in [5, 5.41) is 6.61. The number of nitrogens with zero attached hydrogens (tertiary/aromatic N) is 4. The zero-order chi connectivity index (χ0) is 24.9. The number of aryl methyl sites for hydroxylation is 1. The first-order chi connectivity index (χ1) is 16.4. The lowest BCUT2D eigenvalue weighted by molar-refractivity contribution is -0.133. The largest absolute Gasteiger partial charge is 0.399 e. The van der Waals surface area contributed by atoms with Gasteiger partial charge in [-0.2, -0.15) is 4.98 Å². The van der Waals surface area contributed by atoms with Gasteiger partial charge in [0.25, 0.3) is 0 Å². The van der Waals surface area contributed by atoms with Crippen molar-refractivity contribution in [3.63, 3.8) is 0 Å². The predicted molar refractivity (Wildman–Crippen MR) is 146 cm³/mol. The molecule has 34 heavy (non-hydrogen) atoms. The van der Waals surface area contributed by atoms with Gasteiger partial charge in [-0.25, -0.2) is 4.98 Å². The maximum Gasteiger partial charge on any atom is 0.229 e. The van der Waals surface area contributed by atoms with Crippen LogP contribution >= 0.6 is 15.9 Å². The minimum atomic E-state index is 0.274. The number of likely N-dealkylation sites (tertiary alicyclic amines) is 1. The number of halogens is 1. The van der Waals surface area contributed by atoms with E-state index < -0.39 is 0 Å². The number of nitrogens with one attached hydrogen (secondary N) is 2. The Morgan fingerprint density at radius 2 is 1.97 bits per heavy atom. The van der Waals surface area contributed by atoms with Crippen LogP contribution in [0.2, 0.25) is 0 Å². The van der Waals surface area contributed by atoms with E-state index in [0.717, 1.165) is 85.6 Å². The molecule has 0 bridgehead atoms. The summed E-state index contributed by atoms with van der Waals surface area (Å²) in [7, 11) is 2.11. The lowest BCUT2D eigenvalue weighted by Crippen LogP contribution is -2.36. The van der Waals surface area contributed by atoms with Crippen molar-refractivity contribution in [2.24, 2.45) is 0 Å². The number of hydrogen-bond donors (Lipinski definition) is 3. The molecule has 2 heterocycles. The van der Waals surface area contributed by atoms with E-state index >= 15 is 0 Å². The fraction of sp³-hybridized carbons (Fsp3) is 0.560. The number of piperidine rings is 1. The van der Waals surface area contributed by atoms with Gasteiger partial charge in [-0.1, -0.05) is 20.8 Å². The van der Waals surface area contributed by atoms with Gasteiger partial charge in [-0.15, -0.1) is 0 Å². The number of anilines is 4. The summed E-state index contributed by atoms with van der Waals surface area (Å²) < 4.78 is 0.806. The molecule has 1 amide bonds. The molecule has 0 radical (unpaired) electrons. The average Bonchev–Trinajstić information content (AvgIpc) is 2.85. The van der Waals surface area contributed by atoms with Crippen molar-refractivity contribution >= 4 is 45.0 Å². The molecule has 1 saturated heterocycles. The third kappa shape index (κ3) is 9.10. The molecule has 3 rings (SSSR count). The summed E-state index contributed by atoms with van der Waals surface area (Å²) in [6.45, 7) is 11.1. The number of rotatable bonds is 10. The maximum absolute atomic E-state index is 11.9. The van der Waals surface area contributed by atoms with Crippen LogP contribution in [0.5, 0.6) is 0 Å². The molecule has 0 saturated carbocycles. The molecule has 1 aliphatic heterocycles. The van der Waals surface area contributed by atoms with E-state index in [-0.39, 0.29) is 5.91 Å². The Kier molecular flexibility index (Phi) is 12.1. The number of nitrogen functional groups attached to an aromatic ring is 1. The van der Waals surface area contributed by atoms with Crippen molar-refractivity contribution < 1.29 is 4.79 Å². The third-order valence-corrected chi connectivity index (χ3v) is 6.48. The van der Waals surface area contributed by atoms with Crippen molar-refractivity contribution in [1.29, 1.82) is 0 Å². The first kappa shape index (κ1) is 27.9. The summed E-state index contributed by atoms with van der Waals surface area (Å²) in [5.41, 5.74) is 8.69. The average molecular weight is 535 g/mol. The number of aromatic nitrogens is 2. The van der Waals surface area contributed by atoms with E-state index in [0.29, 0.717) is 12.4 Å². The van der Waals surface area contributed by atoms with E-state index in [2.05, 4.69) is 69.3 Å². The summed E-state index contributed by atoms with van der Waals surface area (Å²) in [5.74, 6) is 1.53. The maximum atomic E-state index is 11.9. The lowest BCUT2D eigenvalue weighted by Gasteiger charge is -2.26.